The van der Waals surface area contributed by atoms with Crippen molar-refractivity contribution in [2.45, 2.75) is 13.1 Å². The highest BCUT2D eigenvalue weighted by molar-refractivity contribution is 14.0. The molecule has 2 aromatic rings. The standard InChI is InChI=1S/C21H29FN4O2.HI/c1-23-21(24-11-12-28-19-8-6-18(27-4)7-9-19)25-14-16-5-10-20(22)17(13-16)15-26(2)3;/h5-10,13H,11-12,14-15H2,1-4H3,(H2,23,24,25);1H. The first-order chi connectivity index (χ1) is 13.5. The van der Waals surface area contributed by atoms with Gasteiger partial charge in [-0.05, 0) is 56.1 Å². The molecule has 0 heterocycles. The zero-order chi connectivity index (χ0) is 20.4. The largest absolute Gasteiger partial charge is 0.497 e. The third-order valence-corrected chi connectivity index (χ3v) is 4.00. The molecule has 0 aliphatic heterocycles. The third-order valence-electron chi connectivity index (χ3n) is 4.00. The van der Waals surface area contributed by atoms with E-state index in [0.29, 0.717) is 37.8 Å². The zero-order valence-corrected chi connectivity index (χ0v) is 19.7. The number of aliphatic imine (C=N–C) groups is 1. The minimum absolute atomic E-state index is 0. The van der Waals surface area contributed by atoms with Crippen molar-refractivity contribution >= 4 is 29.9 Å². The van der Waals surface area contributed by atoms with Crippen LogP contribution in [0, 0.1) is 5.82 Å². The van der Waals surface area contributed by atoms with Crippen LogP contribution in [0.3, 0.4) is 0 Å². The first kappa shape index (κ1) is 25.0. The van der Waals surface area contributed by atoms with Crippen LogP contribution in [0.25, 0.3) is 0 Å². The Morgan fingerprint density at radius 1 is 1.07 bits per heavy atom. The number of hydrogen-bond donors (Lipinski definition) is 2. The van der Waals surface area contributed by atoms with Crippen LogP contribution in [0.15, 0.2) is 47.5 Å². The Labute approximate surface area is 189 Å². The van der Waals surface area contributed by atoms with E-state index in [1.54, 1.807) is 20.2 Å². The molecule has 0 amide bonds. The number of rotatable bonds is 9. The summed E-state index contributed by atoms with van der Waals surface area (Å²) in [5, 5.41) is 6.43. The number of hydrogen-bond acceptors (Lipinski definition) is 4. The van der Waals surface area contributed by atoms with Crippen molar-refractivity contribution in [3.8, 4) is 11.5 Å². The first-order valence-electron chi connectivity index (χ1n) is 9.15. The van der Waals surface area contributed by atoms with Gasteiger partial charge >= 0.3 is 0 Å². The Bertz CT molecular complexity index is 770. The van der Waals surface area contributed by atoms with Crippen molar-refractivity contribution in [2.24, 2.45) is 4.99 Å². The Morgan fingerprint density at radius 3 is 2.38 bits per heavy atom. The fourth-order valence-corrected chi connectivity index (χ4v) is 2.62. The number of methoxy groups -OCH3 is 1. The summed E-state index contributed by atoms with van der Waals surface area (Å²) in [7, 11) is 7.18. The van der Waals surface area contributed by atoms with Gasteiger partial charge in [0.05, 0.1) is 13.7 Å². The lowest BCUT2D eigenvalue weighted by atomic mass is 10.1. The molecule has 0 aliphatic carbocycles. The van der Waals surface area contributed by atoms with Gasteiger partial charge in [-0.1, -0.05) is 6.07 Å². The number of guanidine groups is 1. The average Bonchev–Trinajstić information content (AvgIpc) is 2.69. The van der Waals surface area contributed by atoms with Gasteiger partial charge in [-0.25, -0.2) is 4.39 Å². The summed E-state index contributed by atoms with van der Waals surface area (Å²) in [6, 6.07) is 12.6. The molecule has 2 aromatic carbocycles. The van der Waals surface area contributed by atoms with Crippen LogP contribution in [0.2, 0.25) is 0 Å². The van der Waals surface area contributed by atoms with Crippen molar-refractivity contribution in [1.29, 1.82) is 0 Å². The van der Waals surface area contributed by atoms with Crippen LogP contribution in [0.5, 0.6) is 11.5 Å². The molecular formula is C21H30FIN4O2. The molecule has 0 radical (unpaired) electrons. The summed E-state index contributed by atoms with van der Waals surface area (Å²) in [6.07, 6.45) is 0. The van der Waals surface area contributed by atoms with Gasteiger partial charge in [-0.15, -0.1) is 24.0 Å². The van der Waals surface area contributed by atoms with E-state index >= 15 is 0 Å². The molecular weight excluding hydrogens is 486 g/mol. The zero-order valence-electron chi connectivity index (χ0n) is 17.4. The monoisotopic (exact) mass is 516 g/mol. The van der Waals surface area contributed by atoms with Gasteiger partial charge in [0.25, 0.3) is 0 Å². The van der Waals surface area contributed by atoms with E-state index in [1.807, 2.05) is 49.3 Å². The van der Waals surface area contributed by atoms with Crippen molar-refractivity contribution in [1.82, 2.24) is 15.5 Å². The molecule has 0 atom stereocenters. The number of nitrogens with one attached hydrogen (secondary N) is 2. The van der Waals surface area contributed by atoms with Crippen LogP contribution >= 0.6 is 24.0 Å². The maximum absolute atomic E-state index is 13.9. The van der Waals surface area contributed by atoms with E-state index in [-0.39, 0.29) is 29.8 Å². The SMILES string of the molecule is CN=C(NCCOc1ccc(OC)cc1)NCc1ccc(F)c(CN(C)C)c1.I. The fraction of sp³-hybridized carbons (Fsp3) is 0.381. The third kappa shape index (κ3) is 8.86. The van der Waals surface area contributed by atoms with E-state index in [2.05, 4.69) is 15.6 Å². The molecule has 0 unspecified atom stereocenters. The van der Waals surface area contributed by atoms with Crippen LogP contribution in [0.4, 0.5) is 4.39 Å². The maximum atomic E-state index is 13.9. The second-order valence-corrected chi connectivity index (χ2v) is 6.54. The van der Waals surface area contributed by atoms with Crippen molar-refractivity contribution < 1.29 is 13.9 Å². The molecule has 160 valence electrons. The molecule has 0 bridgehead atoms. The van der Waals surface area contributed by atoms with Gasteiger partial charge in [0.15, 0.2) is 5.96 Å². The average molecular weight is 516 g/mol. The van der Waals surface area contributed by atoms with E-state index < -0.39 is 0 Å². The number of ether oxygens (including phenoxy) is 2. The smallest absolute Gasteiger partial charge is 0.191 e. The Balaban J connectivity index is 0.00000420. The van der Waals surface area contributed by atoms with Gasteiger partial charge in [-0.3, -0.25) is 4.99 Å². The molecule has 0 aliphatic rings. The van der Waals surface area contributed by atoms with Crippen LogP contribution < -0.4 is 20.1 Å². The molecule has 0 saturated carbocycles. The van der Waals surface area contributed by atoms with Gasteiger partial charge < -0.3 is 25.0 Å². The van der Waals surface area contributed by atoms with E-state index in [0.717, 1.165) is 17.1 Å². The van der Waals surface area contributed by atoms with Gasteiger partial charge in [0.1, 0.15) is 23.9 Å². The predicted octanol–water partition coefficient (Wildman–Crippen LogP) is 3.26. The van der Waals surface area contributed by atoms with Crippen LogP contribution in [0.1, 0.15) is 11.1 Å². The lowest BCUT2D eigenvalue weighted by Crippen LogP contribution is -2.38. The molecule has 8 heteroatoms. The summed E-state index contributed by atoms with van der Waals surface area (Å²) < 4.78 is 24.7. The second kappa shape index (κ2) is 13.2. The molecule has 6 nitrogen and oxygen atoms in total. The highest BCUT2D eigenvalue weighted by Gasteiger charge is 2.06. The highest BCUT2D eigenvalue weighted by atomic mass is 127. The molecule has 0 spiro atoms. The Kier molecular flexibility index (Phi) is 11.4. The lowest BCUT2D eigenvalue weighted by Gasteiger charge is -2.14. The quantitative estimate of drug-likeness (QED) is 0.232. The molecule has 2 rings (SSSR count). The number of benzene rings is 2. The van der Waals surface area contributed by atoms with Crippen molar-refractivity contribution in [3.05, 3.63) is 59.4 Å². The van der Waals surface area contributed by atoms with Gasteiger partial charge in [0, 0.05) is 25.7 Å². The second-order valence-electron chi connectivity index (χ2n) is 6.54. The van der Waals surface area contributed by atoms with Crippen molar-refractivity contribution in [2.75, 3.05) is 41.4 Å². The van der Waals surface area contributed by atoms with E-state index in [9.17, 15) is 4.39 Å². The minimum atomic E-state index is -0.185. The van der Waals surface area contributed by atoms with Crippen LogP contribution in [-0.4, -0.2) is 52.3 Å². The van der Waals surface area contributed by atoms with E-state index in [4.69, 9.17) is 9.47 Å². The highest BCUT2D eigenvalue weighted by Crippen LogP contribution is 2.16. The minimum Gasteiger partial charge on any atom is -0.497 e. The molecule has 0 fully saturated rings. The van der Waals surface area contributed by atoms with Gasteiger partial charge in [0.2, 0.25) is 0 Å². The lowest BCUT2D eigenvalue weighted by molar-refractivity contribution is 0.321. The fourth-order valence-electron chi connectivity index (χ4n) is 2.62. The van der Waals surface area contributed by atoms with Crippen LogP contribution in [-0.2, 0) is 13.1 Å². The summed E-state index contributed by atoms with van der Waals surface area (Å²) >= 11 is 0. The Hall–Kier alpha value is -2.07. The van der Waals surface area contributed by atoms with Crippen molar-refractivity contribution in [3.63, 3.8) is 0 Å². The van der Waals surface area contributed by atoms with E-state index in [1.165, 1.54) is 6.07 Å². The summed E-state index contributed by atoms with van der Waals surface area (Å²) in [5.74, 6) is 2.06. The van der Waals surface area contributed by atoms with Gasteiger partial charge in [-0.2, -0.15) is 0 Å². The normalized spacial score (nSPS) is 11.0. The number of nitrogens with zero attached hydrogens (tertiary/aromatic N) is 2. The topological polar surface area (TPSA) is 58.1 Å². The molecule has 2 N–H and O–H groups in total. The maximum Gasteiger partial charge on any atom is 0.191 e. The molecule has 0 aromatic heterocycles. The molecule has 0 saturated heterocycles. The first-order valence-corrected chi connectivity index (χ1v) is 9.15. The summed E-state index contributed by atoms with van der Waals surface area (Å²) in [4.78, 5) is 6.14. The molecule has 29 heavy (non-hydrogen) atoms. The Morgan fingerprint density at radius 2 is 1.76 bits per heavy atom. The predicted molar refractivity (Wildman–Crippen MR) is 126 cm³/mol. The summed E-state index contributed by atoms with van der Waals surface area (Å²) in [6.45, 7) is 2.21. The number of halogens is 2. The summed E-state index contributed by atoms with van der Waals surface area (Å²) in [5.41, 5.74) is 1.68.